The summed E-state index contributed by atoms with van der Waals surface area (Å²) in [5.41, 5.74) is 7.89. The van der Waals surface area contributed by atoms with E-state index in [1.165, 1.54) is 0 Å². The minimum absolute atomic E-state index is 0.136. The molecule has 2 unspecified atom stereocenters. The maximum atomic E-state index is 14.2. The van der Waals surface area contributed by atoms with Crippen LogP contribution >= 0.6 is 0 Å². The molecule has 3 N–H and O–H groups in total. The fourth-order valence-corrected chi connectivity index (χ4v) is 11.9. The first kappa shape index (κ1) is 42.2. The van der Waals surface area contributed by atoms with Crippen LogP contribution in [0.15, 0.2) is 97.1 Å². The molecule has 0 aliphatic carbocycles. The van der Waals surface area contributed by atoms with E-state index in [0.29, 0.717) is 48.7 Å². The summed E-state index contributed by atoms with van der Waals surface area (Å²) in [5.74, 6) is -0.346. The quantitative estimate of drug-likeness (QED) is 0.105. The van der Waals surface area contributed by atoms with Crippen LogP contribution in [-0.4, -0.2) is 70.2 Å². The summed E-state index contributed by atoms with van der Waals surface area (Å²) in [6, 6.07) is 31.3. The number of hydrogen-bond acceptors (Lipinski definition) is 8. The number of anilines is 1. The van der Waals surface area contributed by atoms with Crippen LogP contribution in [0.3, 0.4) is 0 Å². The van der Waals surface area contributed by atoms with Crippen LogP contribution < -0.4 is 35.8 Å². The van der Waals surface area contributed by atoms with Gasteiger partial charge in [-0.1, -0.05) is 99.6 Å². The first-order chi connectivity index (χ1) is 26.5. The van der Waals surface area contributed by atoms with Gasteiger partial charge in [0.25, 0.3) is 20.1 Å². The molecule has 0 saturated carbocycles. The van der Waals surface area contributed by atoms with Crippen LogP contribution in [0.1, 0.15) is 76.9 Å². The van der Waals surface area contributed by atoms with Gasteiger partial charge in [-0.25, -0.2) is 4.79 Å². The van der Waals surface area contributed by atoms with E-state index >= 15 is 0 Å². The Morgan fingerprint density at radius 1 is 0.857 bits per heavy atom. The van der Waals surface area contributed by atoms with E-state index in [4.69, 9.17) is 24.4 Å². The lowest BCUT2D eigenvalue weighted by Gasteiger charge is -2.43. The summed E-state index contributed by atoms with van der Waals surface area (Å²) in [5, 5.41) is 5.28. The van der Waals surface area contributed by atoms with Crippen molar-refractivity contribution in [2.45, 2.75) is 91.0 Å². The first-order valence-corrected chi connectivity index (χ1v) is 21.3. The minimum atomic E-state index is -2.97. The Morgan fingerprint density at radius 3 is 2.00 bits per heavy atom. The fourth-order valence-electron chi connectivity index (χ4n) is 7.43. The Balaban J connectivity index is 1.34. The van der Waals surface area contributed by atoms with Gasteiger partial charge in [0.05, 0.1) is 17.9 Å². The molecular formula is C45H57N3O7Si. The van der Waals surface area contributed by atoms with Crippen LogP contribution in [0.5, 0.6) is 11.5 Å². The molecule has 0 saturated heterocycles. The van der Waals surface area contributed by atoms with Crippen molar-refractivity contribution in [1.29, 1.82) is 0 Å². The number of benzene rings is 4. The maximum absolute atomic E-state index is 14.2. The van der Waals surface area contributed by atoms with E-state index in [-0.39, 0.29) is 30.1 Å². The van der Waals surface area contributed by atoms with Crippen molar-refractivity contribution in [3.8, 4) is 11.5 Å². The molecule has 2 atom stereocenters. The van der Waals surface area contributed by atoms with Crippen LogP contribution in [0.2, 0.25) is 5.04 Å². The number of nitrogens with one attached hydrogen (secondary N) is 1. The van der Waals surface area contributed by atoms with Gasteiger partial charge in [0.1, 0.15) is 12.2 Å². The molecule has 0 radical (unpaired) electrons. The third kappa shape index (κ3) is 9.87. The van der Waals surface area contributed by atoms with E-state index in [0.717, 1.165) is 21.5 Å². The average Bonchev–Trinajstić information content (AvgIpc) is 3.57. The van der Waals surface area contributed by atoms with E-state index in [1.807, 2.05) is 89.2 Å². The Bertz CT molecular complexity index is 1940. The van der Waals surface area contributed by atoms with Crippen molar-refractivity contribution < 1.29 is 33.0 Å². The van der Waals surface area contributed by atoms with E-state index in [9.17, 15) is 14.4 Å². The van der Waals surface area contributed by atoms with Gasteiger partial charge < -0.3 is 34.6 Å². The molecule has 0 spiro atoms. The molecule has 1 aliphatic rings. The van der Waals surface area contributed by atoms with Gasteiger partial charge in [-0.15, -0.1) is 0 Å². The van der Waals surface area contributed by atoms with Crippen LogP contribution in [0.4, 0.5) is 5.69 Å². The monoisotopic (exact) mass is 779 g/mol. The van der Waals surface area contributed by atoms with Crippen LogP contribution in [-0.2, 0) is 31.6 Å². The van der Waals surface area contributed by atoms with Crippen molar-refractivity contribution in [2.75, 3.05) is 31.2 Å². The summed E-state index contributed by atoms with van der Waals surface area (Å²) in [6.07, 6.45) is 0.143. The number of ether oxygens (including phenoxy) is 3. The Hall–Kier alpha value is -4.97. The number of amides is 2. The Kier molecular flexibility index (Phi) is 13.5. The molecule has 11 heteroatoms. The number of primary amides is 1. The average molecular weight is 780 g/mol. The van der Waals surface area contributed by atoms with Gasteiger partial charge in [0, 0.05) is 19.1 Å². The summed E-state index contributed by atoms with van der Waals surface area (Å²) >= 11 is 0. The largest absolute Gasteiger partial charge is 0.490 e. The normalized spacial score (nSPS) is 14.1. The number of rotatable bonds is 16. The van der Waals surface area contributed by atoms with Crippen LogP contribution in [0.25, 0.3) is 0 Å². The Morgan fingerprint density at radius 2 is 1.45 bits per heavy atom. The third-order valence-electron chi connectivity index (χ3n) is 9.80. The van der Waals surface area contributed by atoms with Gasteiger partial charge in [-0.05, 0) is 92.2 Å². The van der Waals surface area contributed by atoms with E-state index in [2.05, 4.69) is 50.4 Å². The standard InChI is InChI=1S/C45H57N3O7Si/c1-9-52-37-22-16-17-23-38(37)54-39(43(51)55-44(3,4)5)29-47-31(2)26-32-27-33-24-25-48(41(33)36(28-32)42(46)50)40(49)30-53-56(45(6,7)8,34-18-12-10-13-19-34)35-20-14-11-15-21-35/h10-23,27-28,31,39,47H,9,24-26,29-30H2,1-8H3,(H2,46,50). The SMILES string of the molecule is CCOc1ccccc1OC(CNC(C)Cc1cc2c(c(C(N)=O)c1)N(C(=O)CO[Si](c1ccccc1)(c1ccccc1)C(C)(C)C)CC2)C(=O)OC(C)(C)C. The lowest BCUT2D eigenvalue weighted by atomic mass is 9.98. The molecule has 56 heavy (non-hydrogen) atoms. The highest BCUT2D eigenvalue weighted by atomic mass is 28.4. The summed E-state index contributed by atoms with van der Waals surface area (Å²) in [6.45, 7) is 16.7. The van der Waals surface area contributed by atoms with Crippen molar-refractivity contribution in [1.82, 2.24) is 5.32 Å². The van der Waals surface area contributed by atoms with E-state index in [1.54, 1.807) is 23.1 Å². The molecule has 10 nitrogen and oxygen atoms in total. The van der Waals surface area contributed by atoms with Gasteiger partial charge >= 0.3 is 5.97 Å². The number of carbonyl (C=O) groups excluding carboxylic acids is 3. The molecule has 0 fully saturated rings. The molecule has 0 bridgehead atoms. The van der Waals surface area contributed by atoms with Gasteiger partial charge in [0.2, 0.25) is 6.10 Å². The minimum Gasteiger partial charge on any atom is -0.490 e. The van der Waals surface area contributed by atoms with Gasteiger partial charge in [-0.2, -0.15) is 0 Å². The summed E-state index contributed by atoms with van der Waals surface area (Å²) < 4.78 is 24.6. The molecule has 2 amide bonds. The molecule has 1 heterocycles. The van der Waals surface area contributed by atoms with Gasteiger partial charge in [0.15, 0.2) is 11.5 Å². The molecule has 4 aromatic rings. The second kappa shape index (κ2) is 17.9. The predicted octanol–water partition coefficient (Wildman–Crippen LogP) is 5.96. The summed E-state index contributed by atoms with van der Waals surface area (Å²) in [4.78, 5) is 42.1. The zero-order chi connectivity index (χ0) is 40.7. The van der Waals surface area contributed by atoms with Gasteiger partial charge in [-0.3, -0.25) is 9.59 Å². The number of nitrogens with zero attached hydrogens (tertiary/aromatic N) is 1. The maximum Gasteiger partial charge on any atom is 0.349 e. The third-order valence-corrected chi connectivity index (χ3v) is 14.8. The first-order valence-electron chi connectivity index (χ1n) is 19.4. The molecule has 5 rings (SSSR count). The topological polar surface area (TPSA) is 129 Å². The number of fused-ring (bicyclic) bond motifs is 1. The van der Waals surface area contributed by atoms with Crippen LogP contribution in [0, 0.1) is 0 Å². The highest BCUT2D eigenvalue weighted by molar-refractivity contribution is 6.99. The second-order valence-corrected chi connectivity index (χ2v) is 20.6. The van der Waals surface area contributed by atoms with Crippen molar-refractivity contribution in [3.05, 3.63) is 114 Å². The number of esters is 1. The molecule has 0 aromatic heterocycles. The zero-order valence-electron chi connectivity index (χ0n) is 34.0. The molecular weight excluding hydrogens is 723 g/mol. The smallest absolute Gasteiger partial charge is 0.349 e. The number of nitrogens with two attached hydrogens (primary N) is 1. The summed E-state index contributed by atoms with van der Waals surface area (Å²) in [7, 11) is -2.97. The van der Waals surface area contributed by atoms with Crippen molar-refractivity contribution in [3.63, 3.8) is 0 Å². The fraction of sp³-hybridized carbons (Fsp3) is 0.400. The van der Waals surface area contributed by atoms with E-state index < -0.39 is 31.9 Å². The molecule has 4 aromatic carbocycles. The predicted molar refractivity (Wildman–Crippen MR) is 224 cm³/mol. The zero-order valence-corrected chi connectivity index (χ0v) is 35.0. The lowest BCUT2D eigenvalue weighted by molar-refractivity contribution is -0.163. The molecule has 1 aliphatic heterocycles. The number of carbonyl (C=O) groups is 3. The van der Waals surface area contributed by atoms with Crippen molar-refractivity contribution in [2.24, 2.45) is 5.73 Å². The van der Waals surface area contributed by atoms with Crippen molar-refractivity contribution >= 4 is 42.2 Å². The lowest BCUT2D eigenvalue weighted by Crippen LogP contribution is -2.67. The molecule has 298 valence electrons. The highest BCUT2D eigenvalue weighted by Gasteiger charge is 2.50. The highest BCUT2D eigenvalue weighted by Crippen LogP contribution is 2.38. The Labute approximate surface area is 332 Å². The second-order valence-electron chi connectivity index (χ2n) is 16.3. The number of hydrogen-bond donors (Lipinski definition) is 2. The number of para-hydroxylation sites is 2.